The summed E-state index contributed by atoms with van der Waals surface area (Å²) in [4.78, 5) is 25.0. The topological polar surface area (TPSA) is 106 Å². The summed E-state index contributed by atoms with van der Waals surface area (Å²) in [5, 5.41) is 19.1. The van der Waals surface area contributed by atoms with Crippen LogP contribution in [0.25, 0.3) is 22.3 Å². The molecule has 8 nitrogen and oxygen atoms in total. The molecule has 1 saturated carbocycles. The lowest BCUT2D eigenvalue weighted by atomic mass is 9.89. The van der Waals surface area contributed by atoms with Crippen molar-refractivity contribution in [2.75, 3.05) is 12.4 Å². The van der Waals surface area contributed by atoms with E-state index in [1.54, 1.807) is 18.1 Å². The third kappa shape index (κ3) is 4.06. The Kier molecular flexibility index (Phi) is 5.67. The zero-order chi connectivity index (χ0) is 28.5. The highest BCUT2D eigenvalue weighted by Crippen LogP contribution is 2.65. The number of carboxylic acids is 1. The second-order valence-electron chi connectivity index (χ2n) is 10.8. The lowest BCUT2D eigenvalue weighted by molar-refractivity contribution is -0.118. The van der Waals surface area contributed by atoms with E-state index in [-0.39, 0.29) is 17.4 Å². The maximum Gasteiger partial charge on any atom is 0.335 e. The van der Waals surface area contributed by atoms with Crippen LogP contribution in [0.5, 0.6) is 0 Å². The first-order valence-corrected chi connectivity index (χ1v) is 13.7. The number of nitrogens with one attached hydrogen (secondary N) is 3. The van der Waals surface area contributed by atoms with Gasteiger partial charge in [-0.15, -0.1) is 10.2 Å². The van der Waals surface area contributed by atoms with Crippen molar-refractivity contribution in [2.24, 2.45) is 5.10 Å². The highest BCUT2D eigenvalue weighted by atomic mass is 35.5. The van der Waals surface area contributed by atoms with Gasteiger partial charge in [-0.25, -0.2) is 10.3 Å². The quantitative estimate of drug-likeness (QED) is 0.249. The van der Waals surface area contributed by atoms with E-state index in [0.29, 0.717) is 17.0 Å². The van der Waals surface area contributed by atoms with Gasteiger partial charge in [-0.05, 0) is 64.9 Å². The van der Waals surface area contributed by atoms with Gasteiger partial charge in [0.25, 0.3) is 0 Å². The van der Waals surface area contributed by atoms with E-state index in [9.17, 15) is 14.7 Å². The van der Waals surface area contributed by atoms with Gasteiger partial charge in [-0.2, -0.15) is 0 Å². The highest BCUT2D eigenvalue weighted by molar-refractivity contribution is 6.34. The monoisotopic (exact) mass is 563 g/mol. The lowest BCUT2D eigenvalue weighted by Gasteiger charge is -2.13. The molecule has 9 heteroatoms. The summed E-state index contributed by atoms with van der Waals surface area (Å²) >= 11 is 6.73. The van der Waals surface area contributed by atoms with Gasteiger partial charge in [0.05, 0.1) is 16.0 Å². The second-order valence-corrected chi connectivity index (χ2v) is 11.2. The van der Waals surface area contributed by atoms with Crippen LogP contribution in [0.3, 0.4) is 0 Å². The Balaban J connectivity index is 1.18. The van der Waals surface area contributed by atoms with E-state index in [0.717, 1.165) is 50.5 Å². The first-order chi connectivity index (χ1) is 19.7. The number of fused-ring (bicyclic) bond motifs is 2. The van der Waals surface area contributed by atoms with Crippen LogP contribution in [0.4, 0.5) is 5.69 Å². The number of carboxylic acid groups (broad SMARTS) is 1. The zero-order valence-corrected chi connectivity index (χ0v) is 23.1. The number of hydrogen-bond donors (Lipinski definition) is 4. The molecule has 4 aromatic rings. The molecule has 1 aliphatic carbocycles. The van der Waals surface area contributed by atoms with E-state index in [4.69, 9.17) is 11.6 Å². The Bertz CT molecular complexity index is 1780. The molecule has 41 heavy (non-hydrogen) atoms. The van der Waals surface area contributed by atoms with Crippen molar-refractivity contribution < 1.29 is 14.7 Å². The minimum absolute atomic E-state index is 0.0665. The van der Waals surface area contributed by atoms with Crippen molar-refractivity contribution in [1.29, 1.82) is 0 Å². The molecule has 2 unspecified atom stereocenters. The van der Waals surface area contributed by atoms with Crippen LogP contribution < -0.4 is 16.3 Å². The van der Waals surface area contributed by atoms with Crippen molar-refractivity contribution in [3.8, 4) is 22.3 Å². The Labute approximate surface area is 241 Å². The number of amides is 1. The summed E-state index contributed by atoms with van der Waals surface area (Å²) in [6.07, 6.45) is 0.623. The number of rotatable bonds is 5. The number of amidine groups is 1. The van der Waals surface area contributed by atoms with Crippen molar-refractivity contribution in [3.05, 3.63) is 112 Å². The molecule has 0 aromatic heterocycles. The molecule has 0 radical (unpaired) electrons. The van der Waals surface area contributed by atoms with E-state index in [1.807, 2.05) is 55.6 Å². The highest BCUT2D eigenvalue weighted by Gasteiger charge is 2.65. The number of hydrazine groups is 2. The molecule has 0 saturated heterocycles. The number of carbonyl (C=O) groups excluding carboxylic acids is 1. The van der Waals surface area contributed by atoms with E-state index >= 15 is 0 Å². The van der Waals surface area contributed by atoms with Crippen LogP contribution in [0.2, 0.25) is 5.02 Å². The third-order valence-electron chi connectivity index (χ3n) is 8.37. The number of halogens is 1. The van der Waals surface area contributed by atoms with Gasteiger partial charge < -0.3 is 10.4 Å². The number of anilines is 1. The molecule has 7 rings (SSSR count). The van der Waals surface area contributed by atoms with Gasteiger partial charge in [-0.1, -0.05) is 72.3 Å². The fraction of sp³-hybridized carbons (Fsp3) is 0.156. The minimum Gasteiger partial charge on any atom is -0.478 e. The molecule has 2 heterocycles. The average Bonchev–Trinajstić information content (AvgIpc) is 3.48. The molecule has 1 spiro atoms. The van der Waals surface area contributed by atoms with Gasteiger partial charge in [0.2, 0.25) is 5.91 Å². The molecule has 4 aromatic carbocycles. The largest absolute Gasteiger partial charge is 0.478 e. The summed E-state index contributed by atoms with van der Waals surface area (Å²) in [6.45, 7) is 1.78. The average molecular weight is 564 g/mol. The smallest absolute Gasteiger partial charge is 0.335 e. The Hall–Kier alpha value is -4.66. The number of benzene rings is 4. The fourth-order valence-electron chi connectivity index (χ4n) is 6.05. The summed E-state index contributed by atoms with van der Waals surface area (Å²) in [7, 11) is 1.85. The van der Waals surface area contributed by atoms with Crippen LogP contribution in [0, 0.1) is 6.92 Å². The fourth-order valence-corrected chi connectivity index (χ4v) is 6.32. The van der Waals surface area contributed by atoms with Crippen LogP contribution >= 0.6 is 11.6 Å². The molecule has 2 aliphatic heterocycles. The molecule has 1 fully saturated rings. The predicted molar refractivity (Wildman–Crippen MR) is 159 cm³/mol. The van der Waals surface area contributed by atoms with Crippen molar-refractivity contribution in [2.45, 2.75) is 24.7 Å². The molecule has 4 N–H and O–H groups in total. The molecule has 2 atom stereocenters. The normalized spacial score (nSPS) is 20.7. The molecular formula is C32H26ClN5O3. The number of nitrogens with zero attached hydrogens (tertiary/aromatic N) is 2. The Morgan fingerprint density at radius 1 is 0.976 bits per heavy atom. The van der Waals surface area contributed by atoms with Crippen molar-refractivity contribution in [3.63, 3.8) is 0 Å². The Morgan fingerprint density at radius 3 is 2.27 bits per heavy atom. The lowest BCUT2D eigenvalue weighted by Crippen LogP contribution is -2.37. The molecule has 3 aliphatic rings. The summed E-state index contributed by atoms with van der Waals surface area (Å²) in [5.41, 5.74) is 13.6. The summed E-state index contributed by atoms with van der Waals surface area (Å²) in [5.74, 6) is -0.366. The molecule has 1 amide bonds. The minimum atomic E-state index is -0.964. The van der Waals surface area contributed by atoms with Gasteiger partial charge in [0, 0.05) is 29.8 Å². The maximum absolute atomic E-state index is 13.3. The van der Waals surface area contributed by atoms with Gasteiger partial charge in [0.1, 0.15) is 0 Å². The van der Waals surface area contributed by atoms with E-state index in [1.165, 1.54) is 0 Å². The molecule has 204 valence electrons. The number of aryl methyl sites for hydroxylation is 1. The number of aromatic carboxylic acids is 1. The molecule has 0 bridgehead atoms. The van der Waals surface area contributed by atoms with Crippen LogP contribution in [-0.2, 0) is 10.2 Å². The standard InChI is InChI=1S/C32H26ClN5O3/c1-17-3-4-22(13-23(17)30(39)40)26-16-32(26)25-14-24(27(33)15-28(25)34-31(32)41)20-9-5-18(6-10-20)19-7-11-21(12-8-19)29-35-37-38(2)36-29/h3-15,26,37H,16H2,1-2H3,(H,34,41)(H,35,36)(H,39,40). The summed E-state index contributed by atoms with van der Waals surface area (Å²) in [6, 6.07) is 25.7. The van der Waals surface area contributed by atoms with E-state index < -0.39 is 11.4 Å². The number of hydrogen-bond acceptors (Lipinski definition) is 6. The Morgan fingerprint density at radius 2 is 1.63 bits per heavy atom. The van der Waals surface area contributed by atoms with E-state index in [2.05, 4.69) is 45.6 Å². The van der Waals surface area contributed by atoms with Crippen molar-refractivity contribution >= 4 is 35.0 Å². The number of hydrazone groups is 1. The first-order valence-electron chi connectivity index (χ1n) is 13.3. The predicted octanol–water partition coefficient (Wildman–Crippen LogP) is 5.67. The van der Waals surface area contributed by atoms with Crippen LogP contribution in [-0.4, -0.2) is 35.0 Å². The maximum atomic E-state index is 13.3. The van der Waals surface area contributed by atoms with Gasteiger partial charge >= 0.3 is 5.97 Å². The van der Waals surface area contributed by atoms with Gasteiger partial charge in [-0.3, -0.25) is 10.2 Å². The van der Waals surface area contributed by atoms with Crippen molar-refractivity contribution in [1.82, 2.24) is 16.1 Å². The van der Waals surface area contributed by atoms with Crippen LogP contribution in [0.1, 0.15) is 45.0 Å². The SMILES string of the molecule is Cc1ccc(C2CC23C(=O)Nc2cc(Cl)c(-c4ccc(-c5ccc(C6=NNN(C)N6)cc5)cc4)cc23)cc1C(=O)O. The second kappa shape index (κ2) is 9.19. The third-order valence-corrected chi connectivity index (χ3v) is 8.68. The molecular weight excluding hydrogens is 538 g/mol. The number of carbonyl (C=O) groups is 2. The van der Waals surface area contributed by atoms with Gasteiger partial charge in [0.15, 0.2) is 5.84 Å². The van der Waals surface area contributed by atoms with Crippen LogP contribution in [0.15, 0.2) is 84.0 Å². The summed E-state index contributed by atoms with van der Waals surface area (Å²) < 4.78 is 0. The zero-order valence-electron chi connectivity index (χ0n) is 22.3. The first kappa shape index (κ1) is 25.3.